The molecule has 1 aliphatic heterocycles. The van der Waals surface area contributed by atoms with Gasteiger partial charge >= 0.3 is 13.3 Å². The van der Waals surface area contributed by atoms with Gasteiger partial charge in [0.05, 0.1) is 11.2 Å². The van der Waals surface area contributed by atoms with E-state index in [-0.39, 0.29) is 5.56 Å². The Balaban J connectivity index is 2.03. The zero-order valence-electron chi connectivity index (χ0n) is 15.2. The monoisotopic (exact) mass is 356 g/mol. The first kappa shape index (κ1) is 18.7. The van der Waals surface area contributed by atoms with Crippen LogP contribution in [0.5, 0.6) is 0 Å². The van der Waals surface area contributed by atoms with Crippen LogP contribution in [0.4, 0.5) is 13.2 Å². The molecule has 2 aliphatic rings. The molecule has 1 saturated carbocycles. The second-order valence-electron chi connectivity index (χ2n) is 8.20. The fraction of sp³-hybridized carbons (Fsp3) is 0.667. The third kappa shape index (κ3) is 2.90. The fourth-order valence-electron chi connectivity index (χ4n) is 3.23. The Kier molecular flexibility index (Phi) is 4.10. The summed E-state index contributed by atoms with van der Waals surface area (Å²) in [6.07, 6.45) is -3.98. The minimum atomic E-state index is -4.73. The molecular formula is C18H24BF3O3. The molecule has 138 valence electrons. The minimum absolute atomic E-state index is 0.141. The minimum Gasteiger partial charge on any atom is -0.399 e. The standard InChI is InChI=1S/C18H24BF3O3/c1-11-6-7-13(17(23,12-8-9-12)18(20,21)22)10-14(11)19-24-15(2,3)16(4,5)25-19/h6-7,10,12,23H,8-9H2,1-5H3. The van der Waals surface area contributed by atoms with Crippen molar-refractivity contribution in [1.29, 1.82) is 0 Å². The number of halogens is 3. The van der Waals surface area contributed by atoms with Crippen molar-refractivity contribution in [1.82, 2.24) is 0 Å². The maximum Gasteiger partial charge on any atom is 0.495 e. The summed E-state index contributed by atoms with van der Waals surface area (Å²) in [6, 6.07) is 4.34. The van der Waals surface area contributed by atoms with E-state index in [1.54, 1.807) is 13.0 Å². The van der Waals surface area contributed by atoms with Gasteiger partial charge in [-0.2, -0.15) is 13.2 Å². The van der Waals surface area contributed by atoms with Crippen molar-refractivity contribution >= 4 is 12.6 Å². The second-order valence-corrected chi connectivity index (χ2v) is 8.20. The van der Waals surface area contributed by atoms with Gasteiger partial charge in [0.2, 0.25) is 0 Å². The summed E-state index contributed by atoms with van der Waals surface area (Å²) in [5, 5.41) is 10.5. The predicted octanol–water partition coefficient (Wildman–Crippen LogP) is 3.45. The quantitative estimate of drug-likeness (QED) is 0.844. The molecule has 1 heterocycles. The molecule has 1 aliphatic carbocycles. The van der Waals surface area contributed by atoms with Gasteiger partial charge in [-0.15, -0.1) is 0 Å². The van der Waals surface area contributed by atoms with Crippen LogP contribution in [0.25, 0.3) is 0 Å². The van der Waals surface area contributed by atoms with Crippen molar-refractivity contribution in [2.45, 2.75) is 70.4 Å². The van der Waals surface area contributed by atoms with Crippen molar-refractivity contribution in [3.05, 3.63) is 29.3 Å². The molecule has 1 unspecified atom stereocenters. The summed E-state index contributed by atoms with van der Waals surface area (Å²) in [5.74, 6) is -0.790. The third-order valence-corrected chi connectivity index (χ3v) is 5.83. The number of rotatable bonds is 3. The summed E-state index contributed by atoms with van der Waals surface area (Å²) in [7, 11) is -0.762. The lowest BCUT2D eigenvalue weighted by atomic mass is 9.73. The lowest BCUT2D eigenvalue weighted by Crippen LogP contribution is -2.46. The Morgan fingerprint density at radius 3 is 2.04 bits per heavy atom. The van der Waals surface area contributed by atoms with E-state index in [1.807, 2.05) is 27.7 Å². The smallest absolute Gasteiger partial charge is 0.399 e. The lowest BCUT2D eigenvalue weighted by molar-refractivity contribution is -0.275. The number of hydrogen-bond donors (Lipinski definition) is 1. The zero-order valence-corrected chi connectivity index (χ0v) is 15.2. The average molecular weight is 356 g/mol. The highest BCUT2D eigenvalue weighted by Crippen LogP contribution is 2.54. The van der Waals surface area contributed by atoms with Gasteiger partial charge in [0.25, 0.3) is 0 Å². The van der Waals surface area contributed by atoms with Crippen molar-refractivity contribution in [2.75, 3.05) is 0 Å². The highest BCUT2D eigenvalue weighted by atomic mass is 19.4. The first-order valence-electron chi connectivity index (χ1n) is 8.55. The van der Waals surface area contributed by atoms with E-state index < -0.39 is 36.0 Å². The van der Waals surface area contributed by atoms with Gasteiger partial charge in [-0.1, -0.05) is 23.8 Å². The summed E-state index contributed by atoms with van der Waals surface area (Å²) in [4.78, 5) is 0. The Morgan fingerprint density at radius 1 is 1.08 bits per heavy atom. The molecule has 1 N–H and O–H groups in total. The number of hydrogen-bond acceptors (Lipinski definition) is 3. The van der Waals surface area contributed by atoms with Crippen molar-refractivity contribution in [3.8, 4) is 0 Å². The molecule has 0 amide bonds. The molecule has 1 saturated heterocycles. The lowest BCUT2D eigenvalue weighted by Gasteiger charge is -2.32. The van der Waals surface area contributed by atoms with Crippen LogP contribution in [0.3, 0.4) is 0 Å². The van der Waals surface area contributed by atoms with E-state index in [0.717, 1.165) is 5.56 Å². The topological polar surface area (TPSA) is 38.7 Å². The van der Waals surface area contributed by atoms with Gasteiger partial charge in [0.1, 0.15) is 0 Å². The average Bonchev–Trinajstić information content (AvgIpc) is 3.26. The van der Waals surface area contributed by atoms with Crippen LogP contribution in [0.15, 0.2) is 18.2 Å². The van der Waals surface area contributed by atoms with Crippen LogP contribution in [-0.4, -0.2) is 29.6 Å². The molecule has 3 nitrogen and oxygen atoms in total. The fourth-order valence-corrected chi connectivity index (χ4v) is 3.23. The summed E-state index contributed by atoms with van der Waals surface area (Å²) >= 11 is 0. The molecule has 0 bridgehead atoms. The molecule has 0 radical (unpaired) electrons. The Hall–Kier alpha value is -1.05. The molecule has 1 atom stereocenters. The molecule has 0 aromatic heterocycles. The summed E-state index contributed by atoms with van der Waals surface area (Å²) < 4.78 is 52.8. The van der Waals surface area contributed by atoms with Gasteiger partial charge in [0.15, 0.2) is 5.60 Å². The van der Waals surface area contributed by atoms with E-state index >= 15 is 0 Å². The summed E-state index contributed by atoms with van der Waals surface area (Å²) in [5.41, 5.74) is -2.84. The Bertz CT molecular complexity index is 667. The zero-order chi connectivity index (χ0) is 18.8. The molecular weight excluding hydrogens is 332 g/mol. The number of aryl methyl sites for hydroxylation is 1. The Morgan fingerprint density at radius 2 is 1.60 bits per heavy atom. The molecule has 1 aromatic rings. The van der Waals surface area contributed by atoms with E-state index in [0.29, 0.717) is 18.3 Å². The van der Waals surface area contributed by atoms with Crippen molar-refractivity contribution in [2.24, 2.45) is 5.92 Å². The van der Waals surface area contributed by atoms with Gasteiger partial charge in [0, 0.05) is 5.92 Å². The van der Waals surface area contributed by atoms with Crippen LogP contribution >= 0.6 is 0 Å². The highest BCUT2D eigenvalue weighted by Gasteiger charge is 2.63. The normalized spacial score (nSPS) is 25.1. The van der Waals surface area contributed by atoms with Crippen LogP contribution in [0, 0.1) is 12.8 Å². The van der Waals surface area contributed by atoms with Crippen molar-refractivity contribution in [3.63, 3.8) is 0 Å². The molecule has 1 aromatic carbocycles. The highest BCUT2D eigenvalue weighted by molar-refractivity contribution is 6.62. The van der Waals surface area contributed by atoms with Gasteiger partial charge in [-0.3, -0.25) is 0 Å². The second kappa shape index (κ2) is 5.48. The van der Waals surface area contributed by atoms with Crippen LogP contribution in [-0.2, 0) is 14.9 Å². The molecule has 25 heavy (non-hydrogen) atoms. The van der Waals surface area contributed by atoms with Gasteiger partial charge < -0.3 is 14.4 Å². The Labute approximate surface area is 146 Å². The first-order valence-corrected chi connectivity index (χ1v) is 8.55. The SMILES string of the molecule is Cc1ccc(C(O)(C2CC2)C(F)(F)F)cc1B1OC(C)(C)C(C)(C)O1. The van der Waals surface area contributed by atoms with E-state index in [9.17, 15) is 18.3 Å². The van der Waals surface area contributed by atoms with Crippen LogP contribution in [0.1, 0.15) is 51.7 Å². The van der Waals surface area contributed by atoms with Crippen molar-refractivity contribution < 1.29 is 27.6 Å². The van der Waals surface area contributed by atoms with E-state index in [1.165, 1.54) is 12.1 Å². The van der Waals surface area contributed by atoms with Crippen LogP contribution < -0.4 is 5.46 Å². The molecule has 0 spiro atoms. The molecule has 3 rings (SSSR count). The summed E-state index contributed by atoms with van der Waals surface area (Å²) in [6.45, 7) is 9.36. The third-order valence-electron chi connectivity index (χ3n) is 5.83. The largest absolute Gasteiger partial charge is 0.495 e. The number of aliphatic hydroxyl groups is 1. The maximum atomic E-state index is 13.6. The van der Waals surface area contributed by atoms with Gasteiger partial charge in [-0.05, 0) is 58.5 Å². The van der Waals surface area contributed by atoms with Gasteiger partial charge in [-0.25, -0.2) is 0 Å². The number of alkyl halides is 3. The van der Waals surface area contributed by atoms with E-state index in [4.69, 9.17) is 9.31 Å². The molecule has 7 heteroatoms. The van der Waals surface area contributed by atoms with Crippen LogP contribution in [0.2, 0.25) is 0 Å². The maximum absolute atomic E-state index is 13.6. The first-order chi connectivity index (χ1) is 11.3. The molecule has 2 fully saturated rings. The predicted molar refractivity (Wildman–Crippen MR) is 89.6 cm³/mol. The van der Waals surface area contributed by atoms with E-state index in [2.05, 4.69) is 0 Å². The number of benzene rings is 1.